The summed E-state index contributed by atoms with van der Waals surface area (Å²) in [5.74, 6) is 0. The first-order valence-corrected chi connectivity index (χ1v) is 5.15. The van der Waals surface area contributed by atoms with Gasteiger partial charge in [0.2, 0.25) is 0 Å². The van der Waals surface area contributed by atoms with Gasteiger partial charge in [0.25, 0.3) is 0 Å². The number of hydrogen-bond acceptors (Lipinski definition) is 1. The topological polar surface area (TPSA) is 3.24 Å². The molecule has 0 amide bonds. The van der Waals surface area contributed by atoms with Gasteiger partial charge in [-0.1, -0.05) is 11.6 Å². The molecule has 1 nitrogen and oxygen atoms in total. The maximum absolute atomic E-state index is 2.34. The van der Waals surface area contributed by atoms with Gasteiger partial charge in [0.1, 0.15) is 0 Å². The highest BCUT2D eigenvalue weighted by Gasteiger charge is 2.11. The molecular weight excluding hydrogens is 158 g/mol. The zero-order valence-corrected chi connectivity index (χ0v) is 9.35. The highest BCUT2D eigenvalue weighted by Crippen LogP contribution is 2.27. The molecule has 0 bridgehead atoms. The second kappa shape index (κ2) is 4.50. The Bertz CT molecular complexity index is 230. The molecule has 0 fully saturated rings. The summed E-state index contributed by atoms with van der Waals surface area (Å²) in [7, 11) is 4.30. The highest BCUT2D eigenvalue weighted by molar-refractivity contribution is 5.28. The van der Waals surface area contributed by atoms with Crippen molar-refractivity contribution in [3.63, 3.8) is 0 Å². The van der Waals surface area contributed by atoms with Crippen LogP contribution in [-0.2, 0) is 0 Å². The van der Waals surface area contributed by atoms with Crippen molar-refractivity contribution in [3.8, 4) is 0 Å². The average molecular weight is 179 g/mol. The van der Waals surface area contributed by atoms with Gasteiger partial charge in [-0.15, -0.1) is 0 Å². The molecule has 1 aliphatic carbocycles. The van der Waals surface area contributed by atoms with E-state index in [1.165, 1.54) is 37.0 Å². The molecule has 0 aromatic heterocycles. The standard InChI is InChI=1S/C12H21N/c1-10(2)9-11-7-5-6-8-12(11)13(3)4/h9H,5-8H2,1-4H3. The summed E-state index contributed by atoms with van der Waals surface area (Å²) in [5, 5.41) is 0. The molecule has 0 heterocycles. The molecule has 0 N–H and O–H groups in total. The van der Waals surface area contributed by atoms with E-state index in [4.69, 9.17) is 0 Å². The normalized spacial score (nSPS) is 17.2. The van der Waals surface area contributed by atoms with Gasteiger partial charge in [-0.3, -0.25) is 0 Å². The molecule has 0 atom stereocenters. The van der Waals surface area contributed by atoms with Crippen LogP contribution in [0.5, 0.6) is 0 Å². The lowest BCUT2D eigenvalue weighted by molar-refractivity contribution is 0.453. The van der Waals surface area contributed by atoms with Gasteiger partial charge in [-0.2, -0.15) is 0 Å². The predicted octanol–water partition coefficient (Wildman–Crippen LogP) is 3.34. The fraction of sp³-hybridized carbons (Fsp3) is 0.667. The van der Waals surface area contributed by atoms with Crippen LogP contribution < -0.4 is 0 Å². The number of rotatable bonds is 2. The van der Waals surface area contributed by atoms with Crippen molar-refractivity contribution in [2.24, 2.45) is 0 Å². The van der Waals surface area contributed by atoms with Gasteiger partial charge in [0, 0.05) is 19.8 Å². The minimum atomic E-state index is 1.26. The molecule has 1 rings (SSSR count). The lowest BCUT2D eigenvalue weighted by Crippen LogP contribution is -2.15. The van der Waals surface area contributed by atoms with Crippen molar-refractivity contribution in [1.82, 2.24) is 4.90 Å². The Labute approximate surface area is 82.1 Å². The second-order valence-electron chi connectivity index (χ2n) is 4.30. The van der Waals surface area contributed by atoms with E-state index < -0.39 is 0 Å². The van der Waals surface area contributed by atoms with E-state index in [1.54, 1.807) is 5.57 Å². The first-order chi connectivity index (χ1) is 6.11. The summed E-state index contributed by atoms with van der Waals surface area (Å²) in [4.78, 5) is 2.27. The van der Waals surface area contributed by atoms with E-state index in [2.05, 4.69) is 38.9 Å². The fourth-order valence-electron chi connectivity index (χ4n) is 1.93. The Morgan fingerprint density at radius 1 is 1.15 bits per heavy atom. The number of nitrogens with zero attached hydrogens (tertiary/aromatic N) is 1. The van der Waals surface area contributed by atoms with Crippen LogP contribution in [0.1, 0.15) is 39.5 Å². The molecule has 1 aliphatic rings. The summed E-state index contributed by atoms with van der Waals surface area (Å²) in [5.41, 5.74) is 4.50. The van der Waals surface area contributed by atoms with Crippen molar-refractivity contribution in [1.29, 1.82) is 0 Å². The molecule has 0 saturated carbocycles. The number of hydrogen-bond donors (Lipinski definition) is 0. The fourth-order valence-corrected chi connectivity index (χ4v) is 1.93. The molecule has 0 unspecified atom stereocenters. The van der Waals surface area contributed by atoms with Crippen LogP contribution in [0.4, 0.5) is 0 Å². The lowest BCUT2D eigenvalue weighted by atomic mass is 9.94. The lowest BCUT2D eigenvalue weighted by Gasteiger charge is -2.25. The molecule has 74 valence electrons. The SMILES string of the molecule is CC(C)=CC1=C(N(C)C)CCCC1. The molecule has 0 saturated heterocycles. The Morgan fingerprint density at radius 3 is 2.31 bits per heavy atom. The summed E-state index contributed by atoms with van der Waals surface area (Å²) in [6.45, 7) is 4.35. The van der Waals surface area contributed by atoms with Gasteiger partial charge in [-0.25, -0.2) is 0 Å². The molecule has 0 aromatic rings. The van der Waals surface area contributed by atoms with Gasteiger partial charge in [0.05, 0.1) is 0 Å². The summed E-state index contributed by atoms with van der Waals surface area (Å²) in [6, 6.07) is 0. The van der Waals surface area contributed by atoms with Crippen molar-refractivity contribution in [2.45, 2.75) is 39.5 Å². The van der Waals surface area contributed by atoms with E-state index in [9.17, 15) is 0 Å². The zero-order valence-electron chi connectivity index (χ0n) is 9.35. The highest BCUT2D eigenvalue weighted by atomic mass is 15.1. The third-order valence-electron chi connectivity index (χ3n) is 2.48. The largest absolute Gasteiger partial charge is 0.381 e. The summed E-state index contributed by atoms with van der Waals surface area (Å²) < 4.78 is 0. The molecule has 0 aliphatic heterocycles. The summed E-state index contributed by atoms with van der Waals surface area (Å²) >= 11 is 0. The van der Waals surface area contributed by atoms with Crippen molar-refractivity contribution in [3.05, 3.63) is 22.9 Å². The van der Waals surface area contributed by atoms with Gasteiger partial charge in [0.15, 0.2) is 0 Å². The Kier molecular flexibility index (Phi) is 3.58. The van der Waals surface area contributed by atoms with Crippen LogP contribution in [0, 0.1) is 0 Å². The van der Waals surface area contributed by atoms with Crippen LogP contribution in [0.25, 0.3) is 0 Å². The minimum Gasteiger partial charge on any atom is -0.381 e. The Balaban J connectivity index is 2.90. The first-order valence-electron chi connectivity index (χ1n) is 5.15. The van der Waals surface area contributed by atoms with Crippen LogP contribution in [0.3, 0.4) is 0 Å². The van der Waals surface area contributed by atoms with E-state index in [0.29, 0.717) is 0 Å². The van der Waals surface area contributed by atoms with Gasteiger partial charge < -0.3 is 4.90 Å². The Hall–Kier alpha value is -0.720. The third-order valence-corrected chi connectivity index (χ3v) is 2.48. The van der Waals surface area contributed by atoms with E-state index in [0.717, 1.165) is 0 Å². The van der Waals surface area contributed by atoms with Gasteiger partial charge in [-0.05, 0) is 45.1 Å². The molecule has 1 heteroatoms. The van der Waals surface area contributed by atoms with E-state index in [1.807, 2.05) is 0 Å². The van der Waals surface area contributed by atoms with Crippen molar-refractivity contribution >= 4 is 0 Å². The van der Waals surface area contributed by atoms with Gasteiger partial charge >= 0.3 is 0 Å². The van der Waals surface area contributed by atoms with Crippen molar-refractivity contribution in [2.75, 3.05) is 14.1 Å². The zero-order chi connectivity index (χ0) is 9.84. The molecule has 13 heavy (non-hydrogen) atoms. The van der Waals surface area contributed by atoms with Crippen LogP contribution >= 0.6 is 0 Å². The van der Waals surface area contributed by atoms with Crippen LogP contribution in [0.2, 0.25) is 0 Å². The monoisotopic (exact) mass is 179 g/mol. The Morgan fingerprint density at radius 2 is 1.77 bits per heavy atom. The van der Waals surface area contributed by atoms with Crippen LogP contribution in [0.15, 0.2) is 22.9 Å². The first kappa shape index (κ1) is 10.4. The second-order valence-corrected chi connectivity index (χ2v) is 4.30. The molecular formula is C12H21N. The maximum atomic E-state index is 2.34. The smallest absolute Gasteiger partial charge is 0.0160 e. The predicted molar refractivity (Wildman–Crippen MR) is 58.6 cm³/mol. The van der Waals surface area contributed by atoms with Crippen molar-refractivity contribution < 1.29 is 0 Å². The quantitative estimate of drug-likeness (QED) is 0.628. The average Bonchev–Trinajstić information content (AvgIpc) is 2.03. The molecule has 0 radical (unpaired) electrons. The van der Waals surface area contributed by atoms with E-state index >= 15 is 0 Å². The summed E-state index contributed by atoms with van der Waals surface area (Å²) in [6.07, 6.45) is 7.57. The van der Waals surface area contributed by atoms with E-state index in [-0.39, 0.29) is 0 Å². The molecule has 0 aromatic carbocycles. The minimum absolute atomic E-state index is 1.26. The number of allylic oxidation sites excluding steroid dienone is 4. The molecule has 0 spiro atoms. The van der Waals surface area contributed by atoms with Crippen LogP contribution in [-0.4, -0.2) is 19.0 Å². The third kappa shape index (κ3) is 2.91. The maximum Gasteiger partial charge on any atom is 0.0160 e.